The quantitative estimate of drug-likeness (QED) is 0.665. The number of aryl methyl sites for hydroxylation is 1. The first kappa shape index (κ1) is 13.6. The summed E-state index contributed by atoms with van der Waals surface area (Å²) in [6, 6.07) is 7.08. The number of carboxylic acids is 1. The highest BCUT2D eigenvalue weighted by molar-refractivity contribution is 5.88. The van der Waals surface area contributed by atoms with Crippen molar-refractivity contribution < 1.29 is 24.0 Å². The van der Waals surface area contributed by atoms with Crippen molar-refractivity contribution in [3.05, 3.63) is 57.5 Å². The van der Waals surface area contributed by atoms with E-state index in [-0.39, 0.29) is 23.6 Å². The first-order valence-electron chi connectivity index (χ1n) is 5.67. The minimum Gasteiger partial charge on any atom is -0.485 e. The minimum atomic E-state index is -1.08. The average molecular weight is 277 g/mol. The Morgan fingerprint density at radius 1 is 1.45 bits per heavy atom. The Labute approximate surface area is 113 Å². The second kappa shape index (κ2) is 5.43. The van der Waals surface area contributed by atoms with Crippen molar-refractivity contribution in [2.24, 2.45) is 0 Å². The third kappa shape index (κ3) is 2.94. The van der Waals surface area contributed by atoms with E-state index in [9.17, 15) is 14.9 Å². The zero-order valence-electron chi connectivity index (χ0n) is 10.5. The summed E-state index contributed by atoms with van der Waals surface area (Å²) >= 11 is 0. The molecule has 0 amide bonds. The number of nitro groups is 1. The second-order valence-electron chi connectivity index (χ2n) is 4.03. The number of ether oxygens (including phenoxy) is 1. The fourth-order valence-electron chi connectivity index (χ4n) is 1.67. The molecule has 0 saturated heterocycles. The molecule has 0 aliphatic rings. The van der Waals surface area contributed by atoms with Crippen molar-refractivity contribution in [2.45, 2.75) is 13.5 Å². The molecule has 0 aliphatic heterocycles. The van der Waals surface area contributed by atoms with Gasteiger partial charge in [-0.15, -0.1) is 0 Å². The summed E-state index contributed by atoms with van der Waals surface area (Å²) in [4.78, 5) is 20.9. The maximum Gasteiger partial charge on any atom is 0.339 e. The molecule has 1 heterocycles. The Morgan fingerprint density at radius 3 is 2.80 bits per heavy atom. The number of nitrogens with zero attached hydrogens (tertiary/aromatic N) is 1. The van der Waals surface area contributed by atoms with Crippen LogP contribution in [0.5, 0.6) is 5.75 Å². The molecule has 104 valence electrons. The summed E-state index contributed by atoms with van der Waals surface area (Å²) in [7, 11) is 0. The van der Waals surface area contributed by atoms with Gasteiger partial charge in [-0.05, 0) is 19.1 Å². The molecule has 7 heteroatoms. The molecular formula is C13H11NO6. The van der Waals surface area contributed by atoms with Crippen molar-refractivity contribution in [1.29, 1.82) is 0 Å². The van der Waals surface area contributed by atoms with E-state index >= 15 is 0 Å². The number of nitro benzene ring substituents is 1. The molecule has 1 aromatic heterocycles. The predicted octanol–water partition coefficient (Wildman–Crippen LogP) is 2.77. The highest BCUT2D eigenvalue weighted by atomic mass is 16.6. The molecular weight excluding hydrogens is 266 g/mol. The van der Waals surface area contributed by atoms with Crippen molar-refractivity contribution in [1.82, 2.24) is 0 Å². The number of hydrogen-bond donors (Lipinski definition) is 1. The zero-order chi connectivity index (χ0) is 14.7. The van der Waals surface area contributed by atoms with Crippen LogP contribution in [0.1, 0.15) is 21.9 Å². The number of non-ortho nitro benzene ring substituents is 1. The lowest BCUT2D eigenvalue weighted by molar-refractivity contribution is -0.384. The van der Waals surface area contributed by atoms with Crippen LogP contribution >= 0.6 is 0 Å². The van der Waals surface area contributed by atoms with Gasteiger partial charge in [-0.2, -0.15) is 0 Å². The molecule has 0 fully saturated rings. The van der Waals surface area contributed by atoms with E-state index in [0.29, 0.717) is 11.5 Å². The molecule has 0 saturated carbocycles. The van der Waals surface area contributed by atoms with Crippen LogP contribution in [-0.2, 0) is 6.61 Å². The van der Waals surface area contributed by atoms with Crippen LogP contribution in [0.3, 0.4) is 0 Å². The van der Waals surface area contributed by atoms with Crippen LogP contribution in [0.2, 0.25) is 0 Å². The highest BCUT2D eigenvalue weighted by Gasteiger charge is 2.14. The van der Waals surface area contributed by atoms with Gasteiger partial charge >= 0.3 is 5.97 Å². The van der Waals surface area contributed by atoms with Crippen LogP contribution in [0.15, 0.2) is 34.7 Å². The number of rotatable bonds is 5. The van der Waals surface area contributed by atoms with Gasteiger partial charge in [-0.3, -0.25) is 10.1 Å². The Kier molecular flexibility index (Phi) is 3.69. The summed E-state index contributed by atoms with van der Waals surface area (Å²) in [6.07, 6.45) is 0. The highest BCUT2D eigenvalue weighted by Crippen LogP contribution is 2.21. The van der Waals surface area contributed by atoms with Crippen LogP contribution in [0.4, 0.5) is 5.69 Å². The van der Waals surface area contributed by atoms with Crippen LogP contribution < -0.4 is 4.74 Å². The molecule has 20 heavy (non-hydrogen) atoms. The van der Waals surface area contributed by atoms with Gasteiger partial charge in [0.1, 0.15) is 29.4 Å². The topological polar surface area (TPSA) is 103 Å². The van der Waals surface area contributed by atoms with Gasteiger partial charge in [0, 0.05) is 6.07 Å². The summed E-state index contributed by atoms with van der Waals surface area (Å²) in [5, 5.41) is 19.5. The molecule has 2 rings (SSSR count). The number of benzene rings is 1. The molecule has 2 aromatic rings. The average Bonchev–Trinajstić information content (AvgIpc) is 2.78. The Bertz CT molecular complexity index is 661. The van der Waals surface area contributed by atoms with E-state index in [2.05, 4.69) is 0 Å². The summed E-state index contributed by atoms with van der Waals surface area (Å²) in [6.45, 7) is 1.54. The summed E-state index contributed by atoms with van der Waals surface area (Å²) in [5.41, 5.74) is -0.00741. The number of aromatic carboxylic acids is 1. The number of carboxylic acid groups (broad SMARTS) is 1. The summed E-state index contributed by atoms with van der Waals surface area (Å²) < 4.78 is 10.6. The third-order valence-electron chi connectivity index (χ3n) is 2.61. The van der Waals surface area contributed by atoms with Gasteiger partial charge in [0.05, 0.1) is 11.0 Å². The molecule has 1 aromatic carbocycles. The molecule has 7 nitrogen and oxygen atoms in total. The van der Waals surface area contributed by atoms with Crippen molar-refractivity contribution in [3.8, 4) is 5.75 Å². The van der Waals surface area contributed by atoms with Gasteiger partial charge in [-0.1, -0.05) is 6.07 Å². The van der Waals surface area contributed by atoms with Gasteiger partial charge in [0.25, 0.3) is 5.69 Å². The monoisotopic (exact) mass is 277 g/mol. The Hall–Kier alpha value is -2.83. The predicted molar refractivity (Wildman–Crippen MR) is 67.8 cm³/mol. The lowest BCUT2D eigenvalue weighted by Crippen LogP contribution is -1.96. The third-order valence-corrected chi connectivity index (χ3v) is 2.61. The maximum atomic E-state index is 10.9. The summed E-state index contributed by atoms with van der Waals surface area (Å²) in [5.74, 6) is -0.139. The molecule has 0 atom stereocenters. The number of carbonyl (C=O) groups is 1. The zero-order valence-corrected chi connectivity index (χ0v) is 10.5. The standard InChI is InChI=1S/C13H11NO6/c1-8-12(13(15)16)6-11(20-8)7-19-10-4-2-3-9(5-10)14(17)18/h2-6H,7H2,1H3,(H,15,16). The lowest BCUT2D eigenvalue weighted by atomic mass is 10.2. The van der Waals surface area contributed by atoms with Crippen molar-refractivity contribution in [2.75, 3.05) is 0 Å². The van der Waals surface area contributed by atoms with E-state index in [4.69, 9.17) is 14.3 Å². The van der Waals surface area contributed by atoms with Gasteiger partial charge < -0.3 is 14.3 Å². The van der Waals surface area contributed by atoms with Crippen molar-refractivity contribution >= 4 is 11.7 Å². The SMILES string of the molecule is Cc1oc(COc2cccc([N+](=O)[O-])c2)cc1C(=O)O. The van der Waals surface area contributed by atoms with E-state index in [0.717, 1.165) is 0 Å². The van der Waals surface area contributed by atoms with Crippen LogP contribution in [0, 0.1) is 17.0 Å². The first-order valence-corrected chi connectivity index (χ1v) is 5.67. The van der Waals surface area contributed by atoms with E-state index in [1.165, 1.54) is 24.3 Å². The molecule has 1 N–H and O–H groups in total. The Balaban J connectivity index is 2.09. The first-order chi connectivity index (χ1) is 9.47. The van der Waals surface area contributed by atoms with Crippen LogP contribution in [0.25, 0.3) is 0 Å². The molecule has 0 unspecified atom stereocenters. The smallest absolute Gasteiger partial charge is 0.339 e. The number of furan rings is 1. The minimum absolute atomic E-state index is 0.00467. The van der Waals surface area contributed by atoms with Gasteiger partial charge in [-0.25, -0.2) is 4.79 Å². The van der Waals surface area contributed by atoms with Gasteiger partial charge in [0.2, 0.25) is 0 Å². The van der Waals surface area contributed by atoms with Crippen LogP contribution in [-0.4, -0.2) is 16.0 Å². The van der Waals surface area contributed by atoms with Gasteiger partial charge in [0.15, 0.2) is 0 Å². The Morgan fingerprint density at radius 2 is 2.20 bits per heavy atom. The van der Waals surface area contributed by atoms with Crippen molar-refractivity contribution in [3.63, 3.8) is 0 Å². The lowest BCUT2D eigenvalue weighted by Gasteiger charge is -2.03. The number of hydrogen-bond acceptors (Lipinski definition) is 5. The van der Waals surface area contributed by atoms with E-state index in [1.807, 2.05) is 0 Å². The largest absolute Gasteiger partial charge is 0.485 e. The fraction of sp³-hybridized carbons (Fsp3) is 0.154. The maximum absolute atomic E-state index is 10.9. The molecule has 0 radical (unpaired) electrons. The fourth-order valence-corrected chi connectivity index (χ4v) is 1.67. The molecule has 0 aliphatic carbocycles. The molecule has 0 spiro atoms. The molecule has 0 bridgehead atoms. The van der Waals surface area contributed by atoms with E-state index < -0.39 is 10.9 Å². The normalized spacial score (nSPS) is 10.2. The second-order valence-corrected chi connectivity index (χ2v) is 4.03. The van der Waals surface area contributed by atoms with E-state index in [1.54, 1.807) is 13.0 Å².